The predicted octanol–water partition coefficient (Wildman–Crippen LogP) is 4.54. The van der Waals surface area contributed by atoms with E-state index in [1.807, 2.05) is 0 Å². The quantitative estimate of drug-likeness (QED) is 0.589. The number of carbonyl (C=O) groups is 2. The minimum atomic E-state index is 0.0296. The van der Waals surface area contributed by atoms with Crippen molar-refractivity contribution in [1.29, 1.82) is 0 Å². The smallest absolute Gasteiger partial charge is 0.150 e. The summed E-state index contributed by atoms with van der Waals surface area (Å²) in [7, 11) is 0. The summed E-state index contributed by atoms with van der Waals surface area (Å²) in [6, 6.07) is 0. The highest BCUT2D eigenvalue weighted by atomic mass is 79.9. The maximum absolute atomic E-state index is 13.3. The number of carbonyl (C=O) groups excluding carboxylic acids is 2. The lowest BCUT2D eigenvalue weighted by molar-refractivity contribution is -0.156. The molecule has 0 bridgehead atoms. The van der Waals surface area contributed by atoms with Crippen molar-refractivity contribution in [3.63, 3.8) is 0 Å². The largest absolute Gasteiger partial charge is 0.300 e. The van der Waals surface area contributed by atoms with E-state index in [2.05, 4.69) is 29.8 Å². The van der Waals surface area contributed by atoms with E-state index in [0.717, 1.165) is 19.3 Å². The summed E-state index contributed by atoms with van der Waals surface area (Å²) < 4.78 is 0. The van der Waals surface area contributed by atoms with Crippen LogP contribution in [0.1, 0.15) is 65.2 Å². The summed E-state index contributed by atoms with van der Waals surface area (Å²) in [5.74, 6) is 2.81. The number of rotatable bonds is 0. The molecule has 2 nitrogen and oxygen atoms in total. The van der Waals surface area contributed by atoms with Gasteiger partial charge in [0.2, 0.25) is 0 Å². The van der Waals surface area contributed by atoms with Gasteiger partial charge in [-0.2, -0.15) is 0 Å². The third-order valence-corrected chi connectivity index (χ3v) is 9.56. The fraction of sp³-hybridized carbons (Fsp3) is 0.895. The Kier molecular flexibility index (Phi) is 3.43. The highest BCUT2D eigenvalue weighted by molar-refractivity contribution is 9.10. The SMILES string of the molecule is CC12CCC(=O)CC1CCC1C2C(=O)[C@H](Br)C2(C)CCCC12. The van der Waals surface area contributed by atoms with Gasteiger partial charge in [0.1, 0.15) is 5.78 Å². The molecule has 3 heteroatoms. The average molecular weight is 367 g/mol. The van der Waals surface area contributed by atoms with Gasteiger partial charge in [-0.25, -0.2) is 0 Å². The number of Topliss-reactive ketones (excluding diaryl/α,β-unsaturated/α-hetero) is 2. The van der Waals surface area contributed by atoms with E-state index in [0.29, 0.717) is 35.7 Å². The Morgan fingerprint density at radius 2 is 1.82 bits per heavy atom. The number of hydrogen-bond acceptors (Lipinski definition) is 2. The second kappa shape index (κ2) is 4.91. The van der Waals surface area contributed by atoms with Gasteiger partial charge in [0, 0.05) is 18.8 Å². The third-order valence-electron chi connectivity index (χ3n) is 8.07. The van der Waals surface area contributed by atoms with Crippen LogP contribution in [0.4, 0.5) is 0 Å². The van der Waals surface area contributed by atoms with E-state index in [1.165, 1.54) is 25.7 Å². The second-order valence-corrected chi connectivity index (χ2v) is 9.85. The molecule has 0 heterocycles. The summed E-state index contributed by atoms with van der Waals surface area (Å²) in [6.07, 6.45) is 8.46. The highest BCUT2D eigenvalue weighted by Gasteiger charge is 2.64. The summed E-state index contributed by atoms with van der Waals surface area (Å²) in [5.41, 5.74) is 0.246. The molecule has 0 saturated heterocycles. The topological polar surface area (TPSA) is 34.1 Å². The summed E-state index contributed by atoms with van der Waals surface area (Å²) in [4.78, 5) is 25.3. The van der Waals surface area contributed by atoms with Crippen LogP contribution in [0.5, 0.6) is 0 Å². The van der Waals surface area contributed by atoms with Crippen molar-refractivity contribution in [3.8, 4) is 0 Å². The van der Waals surface area contributed by atoms with Gasteiger partial charge in [0.15, 0.2) is 5.78 Å². The Morgan fingerprint density at radius 3 is 2.59 bits per heavy atom. The molecular formula is C19H27BrO2. The van der Waals surface area contributed by atoms with Crippen molar-refractivity contribution in [3.05, 3.63) is 0 Å². The van der Waals surface area contributed by atoms with Crippen molar-refractivity contribution in [2.75, 3.05) is 0 Å². The lowest BCUT2D eigenvalue weighted by atomic mass is 9.45. The van der Waals surface area contributed by atoms with Crippen LogP contribution in [0.15, 0.2) is 0 Å². The molecule has 4 rings (SSSR count). The van der Waals surface area contributed by atoms with Crippen molar-refractivity contribution in [2.24, 2.45) is 34.5 Å². The maximum atomic E-state index is 13.3. The van der Waals surface area contributed by atoms with Gasteiger partial charge in [-0.15, -0.1) is 0 Å². The number of ketones is 2. The number of hydrogen-bond donors (Lipinski definition) is 0. The first-order valence-electron chi connectivity index (χ1n) is 9.07. The van der Waals surface area contributed by atoms with Gasteiger partial charge in [0.05, 0.1) is 4.83 Å². The Bertz CT molecular complexity index is 530. The fourth-order valence-corrected chi connectivity index (χ4v) is 7.65. The van der Waals surface area contributed by atoms with Crippen LogP contribution >= 0.6 is 15.9 Å². The molecule has 0 N–H and O–H groups in total. The third kappa shape index (κ3) is 1.84. The summed E-state index contributed by atoms with van der Waals surface area (Å²) >= 11 is 3.81. The van der Waals surface area contributed by atoms with Crippen molar-refractivity contribution < 1.29 is 9.59 Å². The van der Waals surface area contributed by atoms with E-state index in [-0.39, 0.29) is 21.6 Å². The number of fused-ring (bicyclic) bond motifs is 5. The molecule has 0 aromatic heterocycles. The van der Waals surface area contributed by atoms with Crippen molar-refractivity contribution in [1.82, 2.24) is 0 Å². The summed E-state index contributed by atoms with van der Waals surface area (Å²) in [5, 5.41) is 0. The summed E-state index contributed by atoms with van der Waals surface area (Å²) in [6.45, 7) is 4.67. The van der Waals surface area contributed by atoms with E-state index < -0.39 is 0 Å². The van der Waals surface area contributed by atoms with Crippen LogP contribution in [-0.2, 0) is 9.59 Å². The second-order valence-electron chi connectivity index (χ2n) is 8.93. The molecule has 4 fully saturated rings. The number of alkyl halides is 1. The van der Waals surface area contributed by atoms with E-state index in [1.54, 1.807) is 0 Å². The zero-order valence-corrected chi connectivity index (χ0v) is 15.3. The van der Waals surface area contributed by atoms with Gasteiger partial charge < -0.3 is 0 Å². The molecule has 4 aliphatic carbocycles. The number of halogens is 1. The van der Waals surface area contributed by atoms with Gasteiger partial charge in [0.25, 0.3) is 0 Å². The van der Waals surface area contributed by atoms with Crippen LogP contribution in [0.25, 0.3) is 0 Å². The van der Waals surface area contributed by atoms with Crippen molar-refractivity contribution >= 4 is 27.5 Å². The molecule has 0 aromatic rings. The molecule has 0 spiro atoms. The van der Waals surface area contributed by atoms with Crippen LogP contribution < -0.4 is 0 Å². The lowest BCUT2D eigenvalue weighted by Gasteiger charge is -2.59. The fourth-order valence-electron chi connectivity index (χ4n) is 6.80. The van der Waals surface area contributed by atoms with Crippen LogP contribution in [0.3, 0.4) is 0 Å². The molecule has 122 valence electrons. The molecule has 4 saturated carbocycles. The Labute approximate surface area is 141 Å². The van der Waals surface area contributed by atoms with E-state index in [9.17, 15) is 9.59 Å². The normalized spacial score (nSPS) is 54.6. The Balaban J connectivity index is 1.74. The molecule has 22 heavy (non-hydrogen) atoms. The zero-order valence-electron chi connectivity index (χ0n) is 13.7. The molecule has 0 radical (unpaired) electrons. The molecule has 0 amide bonds. The van der Waals surface area contributed by atoms with Gasteiger partial charge in [-0.05, 0) is 60.7 Å². The first-order chi connectivity index (χ1) is 10.4. The lowest BCUT2D eigenvalue weighted by Crippen LogP contribution is -2.60. The first-order valence-corrected chi connectivity index (χ1v) is 9.99. The Hall–Kier alpha value is -0.180. The zero-order chi connectivity index (χ0) is 15.7. The van der Waals surface area contributed by atoms with Gasteiger partial charge in [-0.3, -0.25) is 9.59 Å². The monoisotopic (exact) mass is 366 g/mol. The van der Waals surface area contributed by atoms with E-state index in [4.69, 9.17) is 0 Å². The van der Waals surface area contributed by atoms with Crippen LogP contribution in [0.2, 0.25) is 0 Å². The van der Waals surface area contributed by atoms with Crippen LogP contribution in [-0.4, -0.2) is 16.4 Å². The minimum Gasteiger partial charge on any atom is -0.300 e. The molecular weight excluding hydrogens is 340 g/mol. The minimum absolute atomic E-state index is 0.0296. The predicted molar refractivity (Wildman–Crippen MR) is 89.8 cm³/mol. The highest BCUT2D eigenvalue weighted by Crippen LogP contribution is 2.65. The molecule has 0 aliphatic heterocycles. The van der Waals surface area contributed by atoms with Gasteiger partial charge >= 0.3 is 0 Å². The standard InChI is InChI=1S/C19H27BrO2/c1-18-9-7-12(21)10-11(18)5-6-13-14-4-3-8-19(14,2)17(20)16(22)15(13)18/h11,13-15,17H,3-10H2,1-2H3/t11?,13?,14?,15?,17-,18?,19?/m0/s1. The Morgan fingerprint density at radius 1 is 1.05 bits per heavy atom. The molecule has 6 unspecified atom stereocenters. The van der Waals surface area contributed by atoms with E-state index >= 15 is 0 Å². The van der Waals surface area contributed by atoms with Gasteiger partial charge in [-0.1, -0.05) is 36.2 Å². The molecule has 4 aliphatic rings. The van der Waals surface area contributed by atoms with Crippen LogP contribution in [0, 0.1) is 34.5 Å². The molecule has 7 atom stereocenters. The molecule has 0 aromatic carbocycles. The van der Waals surface area contributed by atoms with Crippen molar-refractivity contribution in [2.45, 2.75) is 70.0 Å². The maximum Gasteiger partial charge on any atom is 0.150 e. The average Bonchev–Trinajstić information content (AvgIpc) is 2.88. The first kappa shape index (κ1) is 15.4.